The van der Waals surface area contributed by atoms with Crippen LogP contribution in [0.25, 0.3) is 0 Å². The summed E-state index contributed by atoms with van der Waals surface area (Å²) < 4.78 is 5.69. The minimum absolute atomic E-state index is 0.0711. The lowest BCUT2D eigenvalue weighted by molar-refractivity contribution is 0.308. The molecule has 0 saturated carbocycles. The van der Waals surface area contributed by atoms with E-state index >= 15 is 0 Å². The number of rotatable bonds is 7. The van der Waals surface area contributed by atoms with Crippen LogP contribution in [-0.2, 0) is 0 Å². The topological polar surface area (TPSA) is 86.6 Å². The Balaban J connectivity index is 1.57. The lowest BCUT2D eigenvalue weighted by Gasteiger charge is -2.17. The molecule has 6 nitrogen and oxygen atoms in total. The molecule has 1 unspecified atom stereocenters. The summed E-state index contributed by atoms with van der Waals surface area (Å²) in [7, 11) is 0. The van der Waals surface area contributed by atoms with Gasteiger partial charge in [0.25, 0.3) is 0 Å². The Kier molecular flexibility index (Phi) is 5.17. The zero-order valence-electron chi connectivity index (χ0n) is 13.0. The maximum absolute atomic E-state index is 8.79. The standard InChI is InChI=1S/C18H17N5O/c19-12-14-3-5-16(6-4-14)24-11-10-21-17(18-22-8-9-23-18)15-2-1-7-20-13-15/h1-9,13,17,21H,10-11H2,(H,22,23). The molecule has 120 valence electrons. The lowest BCUT2D eigenvalue weighted by Crippen LogP contribution is -2.28. The third-order valence-corrected chi connectivity index (χ3v) is 3.51. The minimum atomic E-state index is -0.0711. The summed E-state index contributed by atoms with van der Waals surface area (Å²) in [6.45, 7) is 1.14. The van der Waals surface area contributed by atoms with Gasteiger partial charge < -0.3 is 15.0 Å². The van der Waals surface area contributed by atoms with Crippen molar-refractivity contribution >= 4 is 0 Å². The second-order valence-corrected chi connectivity index (χ2v) is 5.13. The summed E-state index contributed by atoms with van der Waals surface area (Å²) in [4.78, 5) is 11.6. The number of benzene rings is 1. The van der Waals surface area contributed by atoms with Gasteiger partial charge in [0.05, 0.1) is 17.7 Å². The van der Waals surface area contributed by atoms with Crippen LogP contribution in [-0.4, -0.2) is 28.1 Å². The van der Waals surface area contributed by atoms with Crippen molar-refractivity contribution in [2.24, 2.45) is 0 Å². The van der Waals surface area contributed by atoms with Crippen molar-refractivity contribution in [3.63, 3.8) is 0 Å². The van der Waals surface area contributed by atoms with E-state index < -0.39 is 0 Å². The molecule has 24 heavy (non-hydrogen) atoms. The van der Waals surface area contributed by atoms with Gasteiger partial charge in [-0.1, -0.05) is 6.07 Å². The number of ether oxygens (including phenoxy) is 1. The number of H-pyrrole nitrogens is 1. The van der Waals surface area contributed by atoms with Crippen LogP contribution >= 0.6 is 0 Å². The summed E-state index contributed by atoms with van der Waals surface area (Å²) in [5.41, 5.74) is 1.65. The third-order valence-electron chi connectivity index (χ3n) is 3.51. The zero-order valence-corrected chi connectivity index (χ0v) is 13.0. The van der Waals surface area contributed by atoms with Gasteiger partial charge >= 0.3 is 0 Å². The van der Waals surface area contributed by atoms with Gasteiger partial charge in [-0.25, -0.2) is 4.98 Å². The highest BCUT2D eigenvalue weighted by molar-refractivity contribution is 5.34. The van der Waals surface area contributed by atoms with E-state index in [0.29, 0.717) is 18.7 Å². The Bertz CT molecular complexity index is 779. The van der Waals surface area contributed by atoms with Crippen molar-refractivity contribution < 1.29 is 4.74 Å². The first kappa shape index (κ1) is 15.7. The molecule has 2 heterocycles. The Morgan fingerprint density at radius 2 is 2.08 bits per heavy atom. The molecular formula is C18H17N5O. The van der Waals surface area contributed by atoms with Crippen molar-refractivity contribution in [1.29, 1.82) is 5.26 Å². The highest BCUT2D eigenvalue weighted by Gasteiger charge is 2.15. The summed E-state index contributed by atoms with van der Waals surface area (Å²) >= 11 is 0. The molecule has 6 heteroatoms. The monoisotopic (exact) mass is 319 g/mol. The second-order valence-electron chi connectivity index (χ2n) is 5.13. The van der Waals surface area contributed by atoms with Gasteiger partial charge in [-0.05, 0) is 35.9 Å². The SMILES string of the molecule is N#Cc1ccc(OCCNC(c2cccnc2)c2ncc[nH]2)cc1. The molecule has 2 aromatic heterocycles. The molecule has 1 atom stereocenters. The van der Waals surface area contributed by atoms with Crippen LogP contribution < -0.4 is 10.1 Å². The van der Waals surface area contributed by atoms with Crippen molar-refractivity contribution in [3.8, 4) is 11.8 Å². The largest absolute Gasteiger partial charge is 0.492 e. The highest BCUT2D eigenvalue weighted by atomic mass is 16.5. The fourth-order valence-electron chi connectivity index (χ4n) is 2.35. The number of nitrogens with one attached hydrogen (secondary N) is 2. The summed E-state index contributed by atoms with van der Waals surface area (Å²) in [5, 5.41) is 12.2. The molecule has 0 aliphatic heterocycles. The average Bonchev–Trinajstić information content (AvgIpc) is 3.17. The van der Waals surface area contributed by atoms with Crippen molar-refractivity contribution in [1.82, 2.24) is 20.3 Å². The Morgan fingerprint density at radius 1 is 1.21 bits per heavy atom. The van der Waals surface area contributed by atoms with Crippen LogP contribution in [0, 0.1) is 11.3 Å². The van der Waals surface area contributed by atoms with E-state index in [2.05, 4.69) is 26.3 Å². The van der Waals surface area contributed by atoms with E-state index in [1.165, 1.54) is 0 Å². The molecule has 1 aromatic carbocycles. The maximum atomic E-state index is 8.79. The second kappa shape index (κ2) is 7.90. The van der Waals surface area contributed by atoms with Crippen LogP contribution in [0.4, 0.5) is 0 Å². The van der Waals surface area contributed by atoms with E-state index in [1.54, 1.807) is 42.9 Å². The zero-order chi connectivity index (χ0) is 16.6. The predicted molar refractivity (Wildman–Crippen MR) is 89.3 cm³/mol. The fraction of sp³-hybridized carbons (Fsp3) is 0.167. The normalized spacial score (nSPS) is 11.6. The van der Waals surface area contributed by atoms with Crippen molar-refractivity contribution in [3.05, 3.63) is 78.1 Å². The van der Waals surface area contributed by atoms with Crippen LogP contribution in [0.1, 0.15) is 23.0 Å². The van der Waals surface area contributed by atoms with Gasteiger partial charge in [-0.15, -0.1) is 0 Å². The molecule has 3 rings (SSSR count). The molecule has 3 aromatic rings. The number of aromatic amines is 1. The van der Waals surface area contributed by atoms with E-state index in [0.717, 1.165) is 17.1 Å². The molecule has 0 spiro atoms. The van der Waals surface area contributed by atoms with E-state index in [4.69, 9.17) is 10.00 Å². The molecule has 2 N–H and O–H groups in total. The number of aromatic nitrogens is 3. The molecule has 0 fully saturated rings. The maximum Gasteiger partial charge on any atom is 0.127 e. The van der Waals surface area contributed by atoms with Gasteiger partial charge in [0.1, 0.15) is 18.2 Å². The number of imidazole rings is 1. The van der Waals surface area contributed by atoms with Crippen LogP contribution in [0.5, 0.6) is 5.75 Å². The first-order chi connectivity index (χ1) is 11.9. The van der Waals surface area contributed by atoms with Crippen LogP contribution in [0.3, 0.4) is 0 Å². The van der Waals surface area contributed by atoms with Gasteiger partial charge in [-0.3, -0.25) is 4.98 Å². The van der Waals surface area contributed by atoms with Crippen molar-refractivity contribution in [2.45, 2.75) is 6.04 Å². The van der Waals surface area contributed by atoms with E-state index in [9.17, 15) is 0 Å². The van der Waals surface area contributed by atoms with Gasteiger partial charge in [0, 0.05) is 31.3 Å². The third kappa shape index (κ3) is 3.97. The van der Waals surface area contributed by atoms with Crippen LogP contribution in [0.15, 0.2) is 61.2 Å². The number of hydrogen-bond donors (Lipinski definition) is 2. The number of pyridine rings is 1. The van der Waals surface area contributed by atoms with Gasteiger partial charge in [-0.2, -0.15) is 5.26 Å². The van der Waals surface area contributed by atoms with Crippen molar-refractivity contribution in [2.75, 3.05) is 13.2 Å². The Hall–Kier alpha value is -3.17. The molecule has 0 radical (unpaired) electrons. The molecule has 0 aliphatic rings. The quantitative estimate of drug-likeness (QED) is 0.653. The summed E-state index contributed by atoms with van der Waals surface area (Å²) in [6, 6.07) is 13.0. The first-order valence-electron chi connectivity index (χ1n) is 7.62. The summed E-state index contributed by atoms with van der Waals surface area (Å²) in [5.74, 6) is 1.58. The Morgan fingerprint density at radius 3 is 2.75 bits per heavy atom. The minimum Gasteiger partial charge on any atom is -0.492 e. The van der Waals surface area contributed by atoms with Gasteiger partial charge in [0.2, 0.25) is 0 Å². The summed E-state index contributed by atoms with van der Waals surface area (Å²) in [6.07, 6.45) is 7.10. The number of hydrogen-bond acceptors (Lipinski definition) is 5. The number of nitriles is 1. The molecule has 0 amide bonds. The smallest absolute Gasteiger partial charge is 0.127 e. The Labute approximate surface area is 140 Å². The first-order valence-corrected chi connectivity index (χ1v) is 7.62. The molecule has 0 aliphatic carbocycles. The highest BCUT2D eigenvalue weighted by Crippen LogP contribution is 2.17. The predicted octanol–water partition coefficient (Wildman–Crippen LogP) is 2.43. The molecule has 0 bridgehead atoms. The molecular weight excluding hydrogens is 302 g/mol. The lowest BCUT2D eigenvalue weighted by atomic mass is 10.1. The average molecular weight is 319 g/mol. The van der Waals surface area contributed by atoms with Crippen LogP contribution in [0.2, 0.25) is 0 Å². The van der Waals surface area contributed by atoms with E-state index in [1.807, 2.05) is 18.3 Å². The molecule has 0 saturated heterocycles. The number of nitrogens with zero attached hydrogens (tertiary/aromatic N) is 3. The fourth-order valence-corrected chi connectivity index (χ4v) is 2.35. The van der Waals surface area contributed by atoms with E-state index in [-0.39, 0.29) is 6.04 Å². The van der Waals surface area contributed by atoms with Gasteiger partial charge in [0.15, 0.2) is 0 Å².